The van der Waals surface area contributed by atoms with Crippen LogP contribution in [0.25, 0.3) is 0 Å². The van der Waals surface area contributed by atoms with Crippen LogP contribution in [0.1, 0.15) is 61.0 Å². The first-order valence-corrected chi connectivity index (χ1v) is 9.31. The van der Waals surface area contributed by atoms with Crippen LogP contribution in [0.3, 0.4) is 0 Å². The lowest BCUT2D eigenvalue weighted by molar-refractivity contribution is -0.104. The summed E-state index contributed by atoms with van der Waals surface area (Å²) in [6.07, 6.45) is 4.32. The lowest BCUT2D eigenvalue weighted by Crippen LogP contribution is -2.51. The largest absolute Gasteiger partial charge is 0.366 e. The summed E-state index contributed by atoms with van der Waals surface area (Å²) in [5.74, 6) is -0.0445. The van der Waals surface area contributed by atoms with Crippen molar-refractivity contribution in [3.63, 3.8) is 0 Å². The lowest BCUT2D eigenvalue weighted by atomic mass is 9.92. The summed E-state index contributed by atoms with van der Waals surface area (Å²) in [5.41, 5.74) is 1.13. The van der Waals surface area contributed by atoms with Crippen LogP contribution < -0.4 is 0 Å². The third-order valence-electron chi connectivity index (χ3n) is 5.23. The highest BCUT2D eigenvalue weighted by atomic mass is 16.3. The molecular formula is C22H27NO2. The van der Waals surface area contributed by atoms with Crippen LogP contribution in [0, 0.1) is 0 Å². The Hall–Kier alpha value is -2.13. The van der Waals surface area contributed by atoms with Crippen molar-refractivity contribution in [3.05, 3.63) is 71.3 Å². The second kappa shape index (κ2) is 7.40. The van der Waals surface area contributed by atoms with E-state index in [9.17, 15) is 9.90 Å². The number of carbonyl (C=O) groups is 1. The molecule has 1 aliphatic heterocycles. The predicted octanol–water partition coefficient (Wildman–Crippen LogP) is 4.50. The first-order chi connectivity index (χ1) is 12.1. The highest BCUT2D eigenvalue weighted by molar-refractivity contribution is 6.00. The SMILES string of the molecule is CCCCC(CC)N1C(=O)c2ccccc2C1(O)Cc1ccccc1. The Labute approximate surface area is 150 Å². The van der Waals surface area contributed by atoms with Crippen LogP contribution in [0.2, 0.25) is 0 Å². The van der Waals surface area contributed by atoms with E-state index in [4.69, 9.17) is 0 Å². The molecule has 0 saturated heterocycles. The molecule has 0 fully saturated rings. The van der Waals surface area contributed by atoms with Crippen LogP contribution in [-0.2, 0) is 12.1 Å². The van der Waals surface area contributed by atoms with Crippen molar-refractivity contribution in [1.82, 2.24) is 4.90 Å². The zero-order valence-corrected chi connectivity index (χ0v) is 15.1. The quantitative estimate of drug-likeness (QED) is 0.808. The fraction of sp³-hybridized carbons (Fsp3) is 0.409. The molecule has 0 aliphatic carbocycles. The van der Waals surface area contributed by atoms with E-state index in [1.165, 1.54) is 0 Å². The predicted molar refractivity (Wildman–Crippen MR) is 100 cm³/mol. The minimum absolute atomic E-state index is 0.0445. The zero-order chi connectivity index (χ0) is 17.9. The number of fused-ring (bicyclic) bond motifs is 1. The summed E-state index contributed by atoms with van der Waals surface area (Å²) < 4.78 is 0. The van der Waals surface area contributed by atoms with Crippen LogP contribution in [0.5, 0.6) is 0 Å². The molecular weight excluding hydrogens is 310 g/mol. The summed E-state index contributed by atoms with van der Waals surface area (Å²) in [7, 11) is 0. The van der Waals surface area contributed by atoms with Gasteiger partial charge in [-0.05, 0) is 24.5 Å². The molecule has 1 aliphatic rings. The number of hydrogen-bond donors (Lipinski definition) is 1. The molecule has 0 saturated carbocycles. The van der Waals surface area contributed by atoms with Gasteiger partial charge in [-0.25, -0.2) is 0 Å². The van der Waals surface area contributed by atoms with Gasteiger partial charge in [-0.1, -0.05) is 75.2 Å². The van der Waals surface area contributed by atoms with Crippen molar-refractivity contribution in [1.29, 1.82) is 0 Å². The van der Waals surface area contributed by atoms with Crippen LogP contribution in [-0.4, -0.2) is 22.0 Å². The van der Waals surface area contributed by atoms with E-state index in [0.717, 1.165) is 36.8 Å². The molecule has 132 valence electrons. The van der Waals surface area contributed by atoms with E-state index in [1.54, 1.807) is 4.90 Å². The highest BCUT2D eigenvalue weighted by Crippen LogP contribution is 2.42. The maximum absolute atomic E-state index is 13.1. The number of nitrogens with zero attached hydrogens (tertiary/aromatic N) is 1. The molecule has 2 unspecified atom stereocenters. The summed E-state index contributed by atoms with van der Waals surface area (Å²) in [6.45, 7) is 4.25. The Balaban J connectivity index is 2.04. The minimum atomic E-state index is -1.27. The van der Waals surface area contributed by atoms with E-state index < -0.39 is 5.72 Å². The molecule has 2 aromatic carbocycles. The van der Waals surface area contributed by atoms with Gasteiger partial charge in [-0.15, -0.1) is 0 Å². The second-order valence-corrected chi connectivity index (χ2v) is 6.90. The third kappa shape index (κ3) is 3.21. The molecule has 0 spiro atoms. The van der Waals surface area contributed by atoms with Crippen molar-refractivity contribution >= 4 is 5.91 Å². The van der Waals surface area contributed by atoms with Crippen LogP contribution >= 0.6 is 0 Å². The maximum Gasteiger partial charge on any atom is 0.257 e. The fourth-order valence-corrected chi connectivity index (χ4v) is 3.93. The molecule has 2 aromatic rings. The van der Waals surface area contributed by atoms with Crippen molar-refractivity contribution in [3.8, 4) is 0 Å². The van der Waals surface area contributed by atoms with Crippen molar-refractivity contribution in [2.24, 2.45) is 0 Å². The van der Waals surface area contributed by atoms with Gasteiger partial charge in [0.2, 0.25) is 0 Å². The Morgan fingerprint density at radius 3 is 2.40 bits per heavy atom. The fourth-order valence-electron chi connectivity index (χ4n) is 3.93. The summed E-state index contributed by atoms with van der Waals surface area (Å²) in [6, 6.07) is 17.5. The zero-order valence-electron chi connectivity index (χ0n) is 15.1. The molecule has 0 radical (unpaired) electrons. The normalized spacial score (nSPS) is 20.6. The molecule has 1 heterocycles. The molecule has 0 bridgehead atoms. The van der Waals surface area contributed by atoms with Gasteiger partial charge < -0.3 is 10.0 Å². The van der Waals surface area contributed by atoms with E-state index in [1.807, 2.05) is 54.6 Å². The monoisotopic (exact) mass is 337 g/mol. The van der Waals surface area contributed by atoms with E-state index in [0.29, 0.717) is 12.0 Å². The first-order valence-electron chi connectivity index (χ1n) is 9.31. The molecule has 25 heavy (non-hydrogen) atoms. The van der Waals surface area contributed by atoms with Crippen molar-refractivity contribution in [2.75, 3.05) is 0 Å². The van der Waals surface area contributed by atoms with Gasteiger partial charge in [-0.3, -0.25) is 4.79 Å². The number of benzene rings is 2. The Bertz CT molecular complexity index is 728. The molecule has 0 aromatic heterocycles. The summed E-state index contributed by atoms with van der Waals surface area (Å²) >= 11 is 0. The van der Waals surface area contributed by atoms with Gasteiger partial charge in [0.15, 0.2) is 5.72 Å². The third-order valence-corrected chi connectivity index (χ3v) is 5.23. The lowest BCUT2D eigenvalue weighted by Gasteiger charge is -2.40. The van der Waals surface area contributed by atoms with Crippen molar-refractivity contribution < 1.29 is 9.90 Å². The van der Waals surface area contributed by atoms with E-state index in [-0.39, 0.29) is 11.9 Å². The average Bonchev–Trinajstić information content (AvgIpc) is 2.85. The molecule has 1 N–H and O–H groups in total. The number of carbonyl (C=O) groups excluding carboxylic acids is 1. The smallest absolute Gasteiger partial charge is 0.257 e. The van der Waals surface area contributed by atoms with Gasteiger partial charge in [0, 0.05) is 23.6 Å². The maximum atomic E-state index is 13.1. The van der Waals surface area contributed by atoms with Gasteiger partial charge >= 0.3 is 0 Å². The number of rotatable bonds is 7. The molecule has 3 nitrogen and oxygen atoms in total. The number of amides is 1. The Morgan fingerprint density at radius 1 is 1.04 bits per heavy atom. The Kier molecular flexibility index (Phi) is 5.24. The number of aliphatic hydroxyl groups is 1. The topological polar surface area (TPSA) is 40.5 Å². The molecule has 2 atom stereocenters. The summed E-state index contributed by atoms with van der Waals surface area (Å²) in [4.78, 5) is 14.9. The number of unbranched alkanes of at least 4 members (excludes halogenated alkanes) is 1. The first kappa shape index (κ1) is 17.7. The van der Waals surface area contributed by atoms with Gasteiger partial charge in [0.1, 0.15) is 0 Å². The van der Waals surface area contributed by atoms with Gasteiger partial charge in [0.25, 0.3) is 5.91 Å². The van der Waals surface area contributed by atoms with Crippen LogP contribution in [0.15, 0.2) is 54.6 Å². The molecule has 1 amide bonds. The standard InChI is InChI=1S/C22H27NO2/c1-3-5-13-18(4-2)23-21(24)19-14-9-10-15-20(19)22(23,25)16-17-11-7-6-8-12-17/h6-12,14-15,18,25H,3-5,13,16H2,1-2H3. The van der Waals surface area contributed by atoms with Crippen LogP contribution in [0.4, 0.5) is 0 Å². The molecule has 3 heteroatoms. The minimum Gasteiger partial charge on any atom is -0.366 e. The van der Waals surface area contributed by atoms with E-state index in [2.05, 4.69) is 13.8 Å². The Morgan fingerprint density at radius 2 is 1.72 bits per heavy atom. The number of hydrogen-bond acceptors (Lipinski definition) is 2. The average molecular weight is 337 g/mol. The second-order valence-electron chi connectivity index (χ2n) is 6.90. The van der Waals surface area contributed by atoms with E-state index >= 15 is 0 Å². The summed E-state index contributed by atoms with van der Waals surface area (Å²) in [5, 5.41) is 11.7. The molecule has 3 rings (SSSR count). The van der Waals surface area contributed by atoms with Crippen molar-refractivity contribution in [2.45, 2.75) is 57.7 Å². The highest BCUT2D eigenvalue weighted by Gasteiger charge is 2.50. The van der Waals surface area contributed by atoms with Gasteiger partial charge in [-0.2, -0.15) is 0 Å². The van der Waals surface area contributed by atoms with Gasteiger partial charge in [0.05, 0.1) is 0 Å².